The van der Waals surface area contributed by atoms with Crippen molar-refractivity contribution in [3.8, 4) is 0 Å². The summed E-state index contributed by atoms with van der Waals surface area (Å²) in [5.74, 6) is -0.00494. The van der Waals surface area contributed by atoms with Gasteiger partial charge in [0, 0.05) is 4.47 Å². The molecule has 0 N–H and O–H groups in total. The largest absolute Gasteiger partial charge is 0.354 e. The molecule has 0 radical (unpaired) electrons. The number of hydrogen-bond donors (Lipinski definition) is 0. The Morgan fingerprint density at radius 2 is 1.82 bits per heavy atom. The number of imide groups is 1. The molecule has 1 saturated carbocycles. The molecule has 0 spiro atoms. The van der Waals surface area contributed by atoms with Gasteiger partial charge >= 0.3 is 0 Å². The quantitative estimate of drug-likeness (QED) is 0.580. The van der Waals surface area contributed by atoms with Gasteiger partial charge in [0.05, 0.1) is 17.2 Å². The molecule has 110 valence electrons. The molecule has 22 heavy (non-hydrogen) atoms. The second-order valence-corrected chi connectivity index (χ2v) is 7.07. The number of rotatable bonds is 1. The molecule has 2 aromatic rings. The Balaban J connectivity index is 1.65. The predicted octanol–water partition coefficient (Wildman–Crippen LogP) is 2.90. The van der Waals surface area contributed by atoms with Crippen molar-refractivity contribution in [1.29, 1.82) is 0 Å². The molecular formula is C16H11BrN2O3. The number of allylic oxidation sites excluding steroid dienone is 2. The molecule has 1 aromatic heterocycles. The van der Waals surface area contributed by atoms with Gasteiger partial charge in [0.1, 0.15) is 0 Å². The van der Waals surface area contributed by atoms with E-state index in [1.165, 1.54) is 4.90 Å². The molecule has 6 heteroatoms. The summed E-state index contributed by atoms with van der Waals surface area (Å²) in [7, 11) is 0. The van der Waals surface area contributed by atoms with E-state index in [1.807, 2.05) is 12.1 Å². The summed E-state index contributed by atoms with van der Waals surface area (Å²) in [5.41, 5.74) is 0.567. The minimum atomic E-state index is -0.221. The lowest BCUT2D eigenvalue weighted by atomic mass is 9.85. The maximum absolute atomic E-state index is 12.8. The van der Waals surface area contributed by atoms with Crippen LogP contribution in [0, 0.1) is 23.7 Å². The number of halogens is 1. The highest BCUT2D eigenvalue weighted by Crippen LogP contribution is 2.53. The first kappa shape index (κ1) is 12.6. The fourth-order valence-electron chi connectivity index (χ4n) is 4.17. The van der Waals surface area contributed by atoms with Gasteiger partial charge in [-0.1, -0.05) is 33.2 Å². The Morgan fingerprint density at radius 1 is 1.14 bits per heavy atom. The van der Waals surface area contributed by atoms with Crippen molar-refractivity contribution in [2.75, 3.05) is 4.90 Å². The summed E-state index contributed by atoms with van der Waals surface area (Å²) in [4.78, 5) is 26.8. The summed E-state index contributed by atoms with van der Waals surface area (Å²) >= 11 is 3.40. The summed E-state index contributed by atoms with van der Waals surface area (Å²) < 4.78 is 6.12. The zero-order valence-corrected chi connectivity index (χ0v) is 13.0. The minimum Gasteiger partial charge on any atom is -0.354 e. The molecule has 2 heterocycles. The molecule has 5 rings (SSSR count). The maximum Gasteiger partial charge on any atom is 0.239 e. The van der Waals surface area contributed by atoms with E-state index >= 15 is 0 Å². The molecule has 1 saturated heterocycles. The Labute approximate surface area is 134 Å². The third-order valence-corrected chi connectivity index (χ3v) is 5.59. The summed E-state index contributed by atoms with van der Waals surface area (Å²) in [6.45, 7) is 0. The van der Waals surface area contributed by atoms with Crippen molar-refractivity contribution in [3.05, 3.63) is 34.8 Å². The van der Waals surface area contributed by atoms with Crippen LogP contribution in [0.3, 0.4) is 0 Å². The van der Waals surface area contributed by atoms with Crippen LogP contribution < -0.4 is 4.90 Å². The highest BCUT2D eigenvalue weighted by molar-refractivity contribution is 9.10. The van der Waals surface area contributed by atoms with Crippen molar-refractivity contribution < 1.29 is 14.1 Å². The van der Waals surface area contributed by atoms with Gasteiger partial charge < -0.3 is 4.52 Å². The fourth-order valence-corrected chi connectivity index (χ4v) is 4.53. The molecule has 1 aromatic carbocycles. The predicted molar refractivity (Wildman–Crippen MR) is 81.9 cm³/mol. The molecule has 0 unspecified atom stereocenters. The van der Waals surface area contributed by atoms with Crippen LogP contribution in [-0.4, -0.2) is 17.0 Å². The first-order valence-corrected chi connectivity index (χ1v) is 8.05. The molecule has 3 aliphatic rings. The highest BCUT2D eigenvalue weighted by Gasteiger charge is 2.60. The van der Waals surface area contributed by atoms with E-state index < -0.39 is 0 Å². The van der Waals surface area contributed by atoms with Gasteiger partial charge in [-0.25, -0.2) is 4.90 Å². The van der Waals surface area contributed by atoms with Crippen LogP contribution in [0.25, 0.3) is 11.0 Å². The van der Waals surface area contributed by atoms with Gasteiger partial charge in [0.15, 0.2) is 11.4 Å². The van der Waals surface area contributed by atoms with Gasteiger partial charge in [-0.2, -0.15) is 0 Å². The molecule has 2 fully saturated rings. The third kappa shape index (κ3) is 1.41. The van der Waals surface area contributed by atoms with Crippen molar-refractivity contribution in [2.45, 2.75) is 6.42 Å². The van der Waals surface area contributed by atoms with E-state index in [0.717, 1.165) is 10.9 Å². The third-order valence-electron chi connectivity index (χ3n) is 5.10. The number of carbonyl (C=O) groups is 2. The Morgan fingerprint density at radius 3 is 2.50 bits per heavy atom. The van der Waals surface area contributed by atoms with Crippen LogP contribution in [0.4, 0.5) is 5.82 Å². The molecule has 4 atom stereocenters. The van der Waals surface area contributed by atoms with Gasteiger partial charge in [-0.15, -0.1) is 0 Å². The normalized spacial score (nSPS) is 32.5. The van der Waals surface area contributed by atoms with Crippen molar-refractivity contribution in [3.63, 3.8) is 0 Å². The number of carbonyl (C=O) groups excluding carboxylic acids is 2. The van der Waals surface area contributed by atoms with Crippen LogP contribution in [0.15, 0.2) is 39.3 Å². The van der Waals surface area contributed by atoms with E-state index in [2.05, 4.69) is 33.2 Å². The number of benzene rings is 1. The fraction of sp³-hybridized carbons (Fsp3) is 0.312. The van der Waals surface area contributed by atoms with E-state index in [4.69, 9.17) is 4.52 Å². The number of amides is 2. The number of aromatic nitrogens is 1. The van der Waals surface area contributed by atoms with Crippen molar-refractivity contribution >= 4 is 44.5 Å². The average molecular weight is 359 g/mol. The van der Waals surface area contributed by atoms with Crippen LogP contribution in [0.5, 0.6) is 0 Å². The number of nitrogens with zero attached hydrogens (tertiary/aromatic N) is 2. The zero-order valence-electron chi connectivity index (χ0n) is 11.4. The molecule has 2 aliphatic carbocycles. The smallest absolute Gasteiger partial charge is 0.239 e. The average Bonchev–Trinajstić information content (AvgIpc) is 3.23. The molecule has 1 aliphatic heterocycles. The van der Waals surface area contributed by atoms with E-state index in [-0.39, 0.29) is 35.5 Å². The maximum atomic E-state index is 12.8. The molecule has 5 nitrogen and oxygen atoms in total. The van der Waals surface area contributed by atoms with E-state index in [9.17, 15) is 9.59 Å². The van der Waals surface area contributed by atoms with Crippen molar-refractivity contribution in [1.82, 2.24) is 5.16 Å². The summed E-state index contributed by atoms with van der Waals surface area (Å²) in [6, 6.07) is 5.43. The van der Waals surface area contributed by atoms with Gasteiger partial charge in [-0.3, -0.25) is 9.59 Å². The van der Waals surface area contributed by atoms with Crippen molar-refractivity contribution in [2.24, 2.45) is 23.7 Å². The van der Waals surface area contributed by atoms with Gasteiger partial charge in [0.2, 0.25) is 11.8 Å². The first-order valence-electron chi connectivity index (χ1n) is 7.26. The Kier molecular flexibility index (Phi) is 2.33. The molecule has 2 amide bonds. The van der Waals surface area contributed by atoms with Crippen LogP contribution >= 0.6 is 15.9 Å². The second kappa shape index (κ2) is 4.07. The Hall–Kier alpha value is -1.95. The number of fused-ring (bicyclic) bond motifs is 6. The number of anilines is 1. The van der Waals surface area contributed by atoms with Gasteiger partial charge in [0.25, 0.3) is 0 Å². The molecular weight excluding hydrogens is 348 g/mol. The lowest BCUT2D eigenvalue weighted by Gasteiger charge is -2.14. The van der Waals surface area contributed by atoms with Crippen LogP contribution in [0.1, 0.15) is 6.42 Å². The second-order valence-electron chi connectivity index (χ2n) is 6.16. The Bertz CT molecular complexity index is 841. The topological polar surface area (TPSA) is 63.4 Å². The highest BCUT2D eigenvalue weighted by atomic mass is 79.9. The van der Waals surface area contributed by atoms with Crippen LogP contribution in [0.2, 0.25) is 0 Å². The summed E-state index contributed by atoms with van der Waals surface area (Å²) in [6.07, 6.45) is 5.09. The number of hydrogen-bond acceptors (Lipinski definition) is 4. The van der Waals surface area contributed by atoms with E-state index in [1.54, 1.807) is 6.07 Å². The lowest BCUT2D eigenvalue weighted by Crippen LogP contribution is -2.33. The molecule has 2 bridgehead atoms. The van der Waals surface area contributed by atoms with Gasteiger partial charge in [-0.05, 0) is 36.5 Å². The van der Waals surface area contributed by atoms with Crippen LogP contribution in [-0.2, 0) is 9.59 Å². The zero-order chi connectivity index (χ0) is 15.0. The minimum absolute atomic E-state index is 0.137. The summed E-state index contributed by atoms with van der Waals surface area (Å²) in [5, 5.41) is 4.66. The standard InChI is InChI=1S/C16H11BrN2O3/c17-9-3-4-11-10(6-9)14(18-22-11)19-15(20)12-7-1-2-8(5-7)13(12)16(19)21/h1-4,6-8,12-13H,5H2/t7-,8+,12-,13+. The first-order chi connectivity index (χ1) is 10.6. The van der Waals surface area contributed by atoms with E-state index in [0.29, 0.717) is 16.8 Å². The SMILES string of the molecule is O=C1[C@@H]2[C@H](C(=O)N1c1noc3ccc(Br)cc13)[C@@H]1C=C[C@H]2C1. The monoisotopic (exact) mass is 358 g/mol. The lowest BCUT2D eigenvalue weighted by molar-refractivity contribution is -0.123.